The fourth-order valence-corrected chi connectivity index (χ4v) is 2.79. The van der Waals surface area contributed by atoms with Gasteiger partial charge in [-0.15, -0.1) is 0 Å². The number of hydrogen-bond acceptors (Lipinski definition) is 5. The highest BCUT2D eigenvalue weighted by Crippen LogP contribution is 2.26. The van der Waals surface area contributed by atoms with Crippen molar-refractivity contribution in [2.24, 2.45) is 0 Å². The number of hydrogen-bond donors (Lipinski definition) is 2. The number of nitrogens with zero attached hydrogens (tertiary/aromatic N) is 4. The molecule has 0 spiro atoms. The lowest BCUT2D eigenvalue weighted by atomic mass is 10.0. The van der Waals surface area contributed by atoms with E-state index in [0.717, 1.165) is 28.1 Å². The number of aromatic nitrogens is 2. The molecule has 0 aliphatic heterocycles. The van der Waals surface area contributed by atoms with Crippen LogP contribution in [0.15, 0.2) is 54.9 Å². The molecule has 3 aromatic rings. The van der Waals surface area contributed by atoms with Gasteiger partial charge in [-0.3, -0.25) is 0 Å². The molecule has 0 saturated carbocycles. The minimum atomic E-state index is 0.460. The van der Waals surface area contributed by atoms with Gasteiger partial charge in [0, 0.05) is 17.6 Å². The number of anilines is 4. The molecule has 0 fully saturated rings. The summed E-state index contributed by atoms with van der Waals surface area (Å²) in [6.45, 7) is 10.9. The Labute approximate surface area is 164 Å². The van der Waals surface area contributed by atoms with Crippen LogP contribution >= 0.6 is 0 Å². The molecule has 0 bridgehead atoms. The van der Waals surface area contributed by atoms with E-state index in [0.29, 0.717) is 17.3 Å². The van der Waals surface area contributed by atoms with E-state index >= 15 is 0 Å². The van der Waals surface area contributed by atoms with Crippen molar-refractivity contribution in [2.75, 3.05) is 10.6 Å². The van der Waals surface area contributed by atoms with E-state index in [1.807, 2.05) is 38.1 Å². The third-order valence-corrected chi connectivity index (χ3v) is 4.08. The molecule has 1 aromatic heterocycles. The van der Waals surface area contributed by atoms with Crippen molar-refractivity contribution in [3.63, 3.8) is 0 Å². The Morgan fingerprint density at radius 2 is 1.79 bits per heavy atom. The Morgan fingerprint density at radius 1 is 1.07 bits per heavy atom. The van der Waals surface area contributed by atoms with E-state index in [4.69, 9.17) is 11.8 Å². The maximum atomic E-state index is 8.88. The normalized spacial score (nSPS) is 10.3. The van der Waals surface area contributed by atoms with Crippen LogP contribution in [0.2, 0.25) is 0 Å². The number of nitriles is 1. The molecule has 2 N–H and O–H groups in total. The summed E-state index contributed by atoms with van der Waals surface area (Å²) in [7, 11) is 0. The van der Waals surface area contributed by atoms with Gasteiger partial charge in [-0.25, -0.2) is 9.83 Å². The summed E-state index contributed by atoms with van der Waals surface area (Å²) < 4.78 is 0. The molecule has 0 radical (unpaired) electrons. The topological polar surface area (TPSA) is 78.0 Å². The van der Waals surface area contributed by atoms with E-state index in [1.165, 1.54) is 6.20 Å². The number of benzene rings is 2. The minimum Gasteiger partial charge on any atom is -0.340 e. The molecule has 2 aromatic carbocycles. The summed E-state index contributed by atoms with van der Waals surface area (Å²) in [4.78, 5) is 12.0. The van der Waals surface area contributed by atoms with Crippen LogP contribution in [0.1, 0.15) is 22.3 Å². The van der Waals surface area contributed by atoms with Gasteiger partial charge in [0.05, 0.1) is 18.2 Å². The molecule has 136 valence electrons. The van der Waals surface area contributed by atoms with Gasteiger partial charge in [0.15, 0.2) is 6.20 Å². The summed E-state index contributed by atoms with van der Waals surface area (Å²) in [5.74, 6) is 1.13. The SMILES string of the molecule is [C-]#[N+]C=Cc1cc(C)c(Nc2ccnc(Nc3ccc(C#N)cc3)n2)c(C)c1. The highest BCUT2D eigenvalue weighted by molar-refractivity contribution is 5.69. The molecule has 0 atom stereocenters. The molecular formula is C22H18N6. The average Bonchev–Trinajstić information content (AvgIpc) is 2.70. The largest absolute Gasteiger partial charge is 0.340 e. The lowest BCUT2D eigenvalue weighted by Crippen LogP contribution is -2.02. The predicted octanol–water partition coefficient (Wildman–Crippen LogP) is 5.34. The maximum Gasteiger partial charge on any atom is 0.229 e. The lowest BCUT2D eigenvalue weighted by molar-refractivity contribution is 1.16. The van der Waals surface area contributed by atoms with E-state index in [-0.39, 0.29) is 0 Å². The molecule has 28 heavy (non-hydrogen) atoms. The van der Waals surface area contributed by atoms with Crippen LogP contribution < -0.4 is 10.6 Å². The first-order valence-corrected chi connectivity index (χ1v) is 8.60. The van der Waals surface area contributed by atoms with Crippen molar-refractivity contribution in [3.8, 4) is 6.07 Å². The molecule has 0 amide bonds. The summed E-state index contributed by atoms with van der Waals surface area (Å²) >= 11 is 0. The van der Waals surface area contributed by atoms with Crippen molar-refractivity contribution in [1.82, 2.24) is 9.97 Å². The number of aryl methyl sites for hydroxylation is 2. The average molecular weight is 366 g/mol. The first kappa shape index (κ1) is 18.6. The zero-order valence-electron chi connectivity index (χ0n) is 15.6. The van der Waals surface area contributed by atoms with Crippen LogP contribution in [0, 0.1) is 31.8 Å². The summed E-state index contributed by atoms with van der Waals surface area (Å²) in [6.07, 6.45) is 4.92. The van der Waals surface area contributed by atoms with Crippen molar-refractivity contribution in [1.29, 1.82) is 5.26 Å². The molecule has 0 unspecified atom stereocenters. The van der Waals surface area contributed by atoms with Crippen molar-refractivity contribution >= 4 is 29.2 Å². The predicted molar refractivity (Wildman–Crippen MR) is 111 cm³/mol. The third kappa shape index (κ3) is 4.51. The number of nitrogens with one attached hydrogen (secondary N) is 2. The van der Waals surface area contributed by atoms with Crippen LogP contribution in [0.4, 0.5) is 23.1 Å². The minimum absolute atomic E-state index is 0.460. The molecule has 6 heteroatoms. The van der Waals surface area contributed by atoms with Gasteiger partial charge in [0.2, 0.25) is 5.95 Å². The van der Waals surface area contributed by atoms with Gasteiger partial charge in [-0.2, -0.15) is 10.2 Å². The van der Waals surface area contributed by atoms with Crippen LogP contribution in [0.5, 0.6) is 0 Å². The fraction of sp³-hybridized carbons (Fsp3) is 0.0909. The second kappa shape index (κ2) is 8.48. The van der Waals surface area contributed by atoms with Gasteiger partial charge >= 0.3 is 0 Å². The Hall–Kier alpha value is -4.16. The summed E-state index contributed by atoms with van der Waals surface area (Å²) in [5, 5.41) is 15.4. The van der Waals surface area contributed by atoms with Crippen LogP contribution in [-0.2, 0) is 0 Å². The zero-order chi connectivity index (χ0) is 19.9. The standard InChI is InChI=1S/C22H18N6/c1-15-12-18(8-10-24-3)13-16(2)21(15)27-20-9-11-25-22(28-20)26-19-6-4-17(14-23)5-7-19/h4-13H,1-2H3,(H2,25,26,27,28). The molecular weight excluding hydrogens is 348 g/mol. The monoisotopic (exact) mass is 366 g/mol. The Bertz CT molecular complexity index is 1080. The first-order chi connectivity index (χ1) is 13.6. The molecule has 0 saturated heterocycles. The zero-order valence-corrected chi connectivity index (χ0v) is 15.6. The van der Waals surface area contributed by atoms with Crippen molar-refractivity contribution in [3.05, 3.63) is 88.5 Å². The molecule has 6 nitrogen and oxygen atoms in total. The highest BCUT2D eigenvalue weighted by atomic mass is 15.1. The molecule has 1 heterocycles. The van der Waals surface area contributed by atoms with E-state index in [1.54, 1.807) is 30.5 Å². The van der Waals surface area contributed by atoms with Gasteiger partial charge in [0.25, 0.3) is 0 Å². The van der Waals surface area contributed by atoms with E-state index in [2.05, 4.69) is 31.5 Å². The van der Waals surface area contributed by atoms with Crippen LogP contribution in [0.25, 0.3) is 10.9 Å². The second-order valence-corrected chi connectivity index (χ2v) is 6.18. The molecule has 0 aliphatic rings. The number of rotatable bonds is 5. The Kier molecular flexibility index (Phi) is 5.64. The van der Waals surface area contributed by atoms with E-state index in [9.17, 15) is 0 Å². The third-order valence-electron chi connectivity index (χ3n) is 4.08. The van der Waals surface area contributed by atoms with Crippen molar-refractivity contribution < 1.29 is 0 Å². The summed E-state index contributed by atoms with van der Waals surface area (Å²) in [5.41, 5.74) is 5.49. The maximum absolute atomic E-state index is 8.88. The van der Waals surface area contributed by atoms with E-state index < -0.39 is 0 Å². The second-order valence-electron chi connectivity index (χ2n) is 6.18. The molecule has 3 rings (SSSR count). The van der Waals surface area contributed by atoms with Gasteiger partial charge in [-0.05, 0) is 60.9 Å². The quantitative estimate of drug-likeness (QED) is 0.596. The Morgan fingerprint density at radius 3 is 2.43 bits per heavy atom. The lowest BCUT2D eigenvalue weighted by Gasteiger charge is -2.14. The van der Waals surface area contributed by atoms with Crippen molar-refractivity contribution in [2.45, 2.75) is 13.8 Å². The highest BCUT2D eigenvalue weighted by Gasteiger charge is 2.07. The van der Waals surface area contributed by atoms with Gasteiger partial charge in [-0.1, -0.05) is 18.2 Å². The molecule has 0 aliphatic carbocycles. The van der Waals surface area contributed by atoms with Crippen LogP contribution in [0.3, 0.4) is 0 Å². The smallest absolute Gasteiger partial charge is 0.229 e. The van der Waals surface area contributed by atoms with Crippen LogP contribution in [-0.4, -0.2) is 9.97 Å². The van der Waals surface area contributed by atoms with Gasteiger partial charge in [0.1, 0.15) is 5.82 Å². The fourth-order valence-electron chi connectivity index (χ4n) is 2.79. The van der Waals surface area contributed by atoms with Gasteiger partial charge < -0.3 is 10.6 Å². The summed E-state index contributed by atoms with van der Waals surface area (Å²) in [6, 6.07) is 15.0. The Balaban J connectivity index is 1.80. The first-order valence-electron chi connectivity index (χ1n) is 8.60.